The predicted octanol–water partition coefficient (Wildman–Crippen LogP) is -0.810. The van der Waals surface area contributed by atoms with Crippen molar-refractivity contribution in [3.63, 3.8) is 0 Å². The number of benzene rings is 3. The largest absolute Gasteiger partial charge is 1.00 e. The molecule has 23 heavy (non-hydrogen) atoms. The van der Waals surface area contributed by atoms with E-state index in [1.54, 1.807) is 4.40 Å². The van der Waals surface area contributed by atoms with Crippen molar-refractivity contribution in [2.75, 3.05) is 0 Å². The Bertz CT molecular complexity index is 1210. The smallest absolute Gasteiger partial charge is 0.347 e. The maximum Gasteiger partial charge on any atom is 0.347 e. The van der Waals surface area contributed by atoms with Gasteiger partial charge in [-0.3, -0.25) is 0 Å². The van der Waals surface area contributed by atoms with Crippen molar-refractivity contribution in [3.05, 3.63) is 71.0 Å². The van der Waals surface area contributed by atoms with Gasteiger partial charge in [-0.2, -0.15) is 4.40 Å². The first-order valence-electron chi connectivity index (χ1n) is 6.94. The van der Waals surface area contributed by atoms with Gasteiger partial charge in [0.05, 0.1) is 10.8 Å². The molecule has 0 fully saturated rings. The summed E-state index contributed by atoms with van der Waals surface area (Å²) < 4.78 is 1.78. The predicted molar refractivity (Wildman–Crippen MR) is 87.5 cm³/mol. The summed E-state index contributed by atoms with van der Waals surface area (Å²) in [6, 6.07) is 20.0. The molecule has 4 nitrogen and oxygen atoms in total. The molecule has 0 radical (unpaired) electrons. The zero-order valence-electron chi connectivity index (χ0n) is 12.0. The molecule has 114 valence electrons. The van der Waals surface area contributed by atoms with E-state index >= 15 is 0 Å². The molecule has 0 unspecified atom stereocenters. The van der Waals surface area contributed by atoms with E-state index in [9.17, 15) is 4.79 Å². The van der Waals surface area contributed by atoms with Crippen LogP contribution in [0.25, 0.3) is 38.2 Å². The average Bonchev–Trinajstić information content (AvgIpc) is 2.92. The molecule has 0 aliphatic rings. The number of imidazole rings is 1. The number of nitrogens with zero attached hydrogens (tertiary/aromatic N) is 1. The van der Waals surface area contributed by atoms with Gasteiger partial charge in [-0.15, -0.1) is 0 Å². The second-order valence-electron chi connectivity index (χ2n) is 5.34. The molecule has 0 spiro atoms. The zero-order chi connectivity index (χ0) is 14.0. The van der Waals surface area contributed by atoms with Gasteiger partial charge >= 0.3 is 5.56 Å². The summed E-state index contributed by atoms with van der Waals surface area (Å²) in [5.74, 6) is 0. The molecular formula is C18H13ClN2O2. The summed E-state index contributed by atoms with van der Waals surface area (Å²) in [6.45, 7) is 0. The van der Waals surface area contributed by atoms with E-state index in [2.05, 4.69) is 11.1 Å². The van der Waals surface area contributed by atoms with Crippen LogP contribution in [0.5, 0.6) is 0 Å². The van der Waals surface area contributed by atoms with E-state index in [4.69, 9.17) is 0 Å². The molecule has 3 N–H and O–H groups in total. The third-order valence-corrected chi connectivity index (χ3v) is 4.21. The molecule has 5 heteroatoms. The Balaban J connectivity index is 0.000000781. The second-order valence-corrected chi connectivity index (χ2v) is 5.34. The fourth-order valence-electron chi connectivity index (χ4n) is 3.31. The van der Waals surface area contributed by atoms with Crippen molar-refractivity contribution < 1.29 is 22.9 Å². The molecule has 0 aliphatic carbocycles. The zero-order valence-corrected chi connectivity index (χ0v) is 12.8. The molecule has 3 aromatic carbocycles. The van der Waals surface area contributed by atoms with Gasteiger partial charge in [-0.1, -0.05) is 36.4 Å². The Kier molecular flexibility index (Phi) is 3.43. The normalized spacial score (nSPS) is 11.0. The molecule has 0 aliphatic heterocycles. The average molecular weight is 325 g/mol. The van der Waals surface area contributed by atoms with Crippen LogP contribution < -0.4 is 23.0 Å². The lowest BCUT2D eigenvalue weighted by Gasteiger charge is -2.02. The number of hydrogen-bond acceptors (Lipinski definition) is 1. The number of H-pyrrole nitrogens is 1. The summed E-state index contributed by atoms with van der Waals surface area (Å²) in [7, 11) is 0. The van der Waals surface area contributed by atoms with E-state index < -0.39 is 0 Å². The summed E-state index contributed by atoms with van der Waals surface area (Å²) in [5, 5.41) is 3.99. The number of halogens is 1. The van der Waals surface area contributed by atoms with Gasteiger partial charge in [0.25, 0.3) is 5.65 Å². The highest BCUT2D eigenvalue weighted by molar-refractivity contribution is 6.14. The van der Waals surface area contributed by atoms with Gasteiger partial charge in [-0.05, 0) is 29.7 Å². The number of para-hydroxylation sites is 2. The van der Waals surface area contributed by atoms with E-state index in [1.165, 1.54) is 0 Å². The van der Waals surface area contributed by atoms with Crippen LogP contribution in [0.1, 0.15) is 0 Å². The summed E-state index contributed by atoms with van der Waals surface area (Å²) in [5.41, 5.74) is 2.80. The first-order valence-corrected chi connectivity index (χ1v) is 6.94. The lowest BCUT2D eigenvalue weighted by molar-refractivity contribution is -0.310. The quantitative estimate of drug-likeness (QED) is 0.367. The third-order valence-electron chi connectivity index (χ3n) is 4.21. The van der Waals surface area contributed by atoms with Crippen molar-refractivity contribution in [2.45, 2.75) is 0 Å². The molecule has 2 heterocycles. The van der Waals surface area contributed by atoms with Crippen LogP contribution >= 0.6 is 0 Å². The van der Waals surface area contributed by atoms with Crippen molar-refractivity contribution in [2.24, 2.45) is 0 Å². The number of fused-ring (bicyclic) bond motifs is 4. The van der Waals surface area contributed by atoms with Gasteiger partial charge in [0.2, 0.25) is 0 Å². The Labute approximate surface area is 137 Å². The minimum Gasteiger partial charge on any atom is -1.00 e. The van der Waals surface area contributed by atoms with Crippen LogP contribution in [0, 0.1) is 0 Å². The Hall–Kier alpha value is -2.69. The highest BCUT2D eigenvalue weighted by Crippen LogP contribution is 2.27. The maximum atomic E-state index is 12.9. The van der Waals surface area contributed by atoms with Crippen molar-refractivity contribution >= 4 is 38.2 Å². The summed E-state index contributed by atoms with van der Waals surface area (Å²) >= 11 is 0. The minimum absolute atomic E-state index is 0. The molecule has 5 aromatic rings. The van der Waals surface area contributed by atoms with Gasteiger partial charge in [-0.25, -0.2) is 9.78 Å². The first-order chi connectivity index (χ1) is 10.3. The van der Waals surface area contributed by atoms with Crippen molar-refractivity contribution in [1.82, 2.24) is 4.40 Å². The van der Waals surface area contributed by atoms with E-state index in [1.807, 2.05) is 54.6 Å². The number of pyridine rings is 1. The SMILES string of the molecule is O.O=c1c2cccc3cccc(c32)c2[nH+]c3ccccc3n12.[Cl-]. The number of aromatic amines is 1. The Morgan fingerprint density at radius 1 is 0.826 bits per heavy atom. The fraction of sp³-hybridized carbons (Fsp3) is 0. The van der Waals surface area contributed by atoms with E-state index in [-0.39, 0.29) is 23.4 Å². The van der Waals surface area contributed by atoms with Gasteiger partial charge in [0.1, 0.15) is 0 Å². The molecular weight excluding hydrogens is 312 g/mol. The highest BCUT2D eigenvalue weighted by atomic mass is 35.5. The number of nitrogens with one attached hydrogen (secondary N) is 1. The van der Waals surface area contributed by atoms with Gasteiger partial charge in [0, 0.05) is 5.39 Å². The second kappa shape index (κ2) is 5.19. The molecule has 0 atom stereocenters. The van der Waals surface area contributed by atoms with E-state index in [0.717, 1.165) is 38.2 Å². The van der Waals surface area contributed by atoms with Gasteiger partial charge in [0.15, 0.2) is 11.0 Å². The number of hydrogen-bond donors (Lipinski definition) is 0. The van der Waals surface area contributed by atoms with Crippen molar-refractivity contribution in [1.29, 1.82) is 0 Å². The Morgan fingerprint density at radius 3 is 2.30 bits per heavy atom. The molecule has 0 bridgehead atoms. The number of rotatable bonds is 0. The molecule has 2 aromatic heterocycles. The Morgan fingerprint density at radius 2 is 1.52 bits per heavy atom. The molecule has 5 rings (SSSR count). The van der Waals surface area contributed by atoms with Crippen LogP contribution in [-0.2, 0) is 0 Å². The fourth-order valence-corrected chi connectivity index (χ4v) is 3.31. The summed E-state index contributed by atoms with van der Waals surface area (Å²) in [4.78, 5) is 16.3. The van der Waals surface area contributed by atoms with Crippen LogP contribution in [-0.4, -0.2) is 9.88 Å². The topological polar surface area (TPSA) is 67.1 Å². The lowest BCUT2D eigenvalue weighted by atomic mass is 10.0. The van der Waals surface area contributed by atoms with Gasteiger partial charge < -0.3 is 17.9 Å². The minimum atomic E-state index is 0. The van der Waals surface area contributed by atoms with Crippen LogP contribution in [0.2, 0.25) is 0 Å². The molecule has 0 amide bonds. The third kappa shape index (κ3) is 1.82. The van der Waals surface area contributed by atoms with Crippen LogP contribution in [0.15, 0.2) is 65.5 Å². The summed E-state index contributed by atoms with van der Waals surface area (Å²) in [6.07, 6.45) is 0. The maximum absolute atomic E-state index is 12.9. The van der Waals surface area contributed by atoms with Crippen molar-refractivity contribution in [3.8, 4) is 0 Å². The van der Waals surface area contributed by atoms with Crippen LogP contribution in [0.3, 0.4) is 0 Å². The first kappa shape index (κ1) is 15.2. The standard InChI is InChI=1S/C18H10N2O.ClH.H2O/c21-18-13-8-4-6-11-5-3-7-12(16(11)13)17-19-14-9-1-2-10-15(14)20(17)18;;/h1-10H;1H;1H2. The number of aromatic nitrogens is 2. The van der Waals surface area contributed by atoms with Crippen LogP contribution in [0.4, 0.5) is 0 Å². The molecule has 0 saturated carbocycles. The monoisotopic (exact) mass is 324 g/mol. The molecule has 0 saturated heterocycles. The highest BCUT2D eigenvalue weighted by Gasteiger charge is 2.20. The van der Waals surface area contributed by atoms with E-state index in [0.29, 0.717) is 0 Å². The lowest BCUT2D eigenvalue weighted by Crippen LogP contribution is -3.00.